The number of hydrogen-bond donors (Lipinski definition) is 1. The van der Waals surface area contributed by atoms with E-state index in [-0.39, 0.29) is 0 Å². The van der Waals surface area contributed by atoms with Crippen molar-refractivity contribution in [3.8, 4) is 0 Å². The number of nitrogens with one attached hydrogen (secondary N) is 1. The van der Waals surface area contributed by atoms with E-state index in [2.05, 4.69) is 12.2 Å². The minimum atomic E-state index is 0.304. The van der Waals surface area contributed by atoms with Crippen molar-refractivity contribution in [2.45, 2.75) is 25.8 Å². The number of ether oxygens (including phenoxy) is 1. The van der Waals surface area contributed by atoms with Crippen LogP contribution in [0.3, 0.4) is 0 Å². The lowest BCUT2D eigenvalue weighted by molar-refractivity contribution is -0.133. The molecule has 0 saturated carbocycles. The molecule has 1 unspecified atom stereocenters. The number of piperazine rings is 1. The molecule has 2 saturated heterocycles. The summed E-state index contributed by atoms with van der Waals surface area (Å²) in [7, 11) is 0. The molecule has 4 nitrogen and oxygen atoms in total. The zero-order chi connectivity index (χ0) is 10.7. The molecule has 2 atom stereocenters. The molecule has 2 aliphatic heterocycles. The van der Waals surface area contributed by atoms with Crippen molar-refractivity contribution in [1.29, 1.82) is 0 Å². The molecule has 0 radical (unpaired) electrons. The van der Waals surface area contributed by atoms with Crippen LogP contribution in [0.15, 0.2) is 0 Å². The van der Waals surface area contributed by atoms with Gasteiger partial charge in [0.1, 0.15) is 0 Å². The predicted octanol–water partition coefficient (Wildman–Crippen LogP) is 0.233. The summed E-state index contributed by atoms with van der Waals surface area (Å²) in [5, 5.41) is 3.34. The van der Waals surface area contributed by atoms with Crippen molar-refractivity contribution in [2.75, 3.05) is 32.8 Å². The number of hydrogen-bond acceptors (Lipinski definition) is 3. The third-order valence-corrected chi connectivity index (χ3v) is 3.21. The molecular weight excluding hydrogens is 192 g/mol. The van der Waals surface area contributed by atoms with Crippen LogP contribution in [0.5, 0.6) is 0 Å². The van der Waals surface area contributed by atoms with Gasteiger partial charge in [-0.05, 0) is 19.3 Å². The van der Waals surface area contributed by atoms with Gasteiger partial charge in [0, 0.05) is 45.3 Å². The van der Waals surface area contributed by atoms with Crippen molar-refractivity contribution in [1.82, 2.24) is 10.2 Å². The largest absolute Gasteiger partial charge is 0.381 e. The number of carbonyl (C=O) groups is 1. The Morgan fingerprint density at radius 1 is 1.60 bits per heavy atom. The minimum absolute atomic E-state index is 0.304. The Labute approximate surface area is 91.0 Å². The Bertz CT molecular complexity index is 227. The summed E-state index contributed by atoms with van der Waals surface area (Å²) in [5.41, 5.74) is 0. The van der Waals surface area contributed by atoms with E-state index in [0.29, 0.717) is 24.3 Å². The summed E-state index contributed by atoms with van der Waals surface area (Å²) in [6.45, 7) is 6.36. The summed E-state index contributed by atoms with van der Waals surface area (Å²) in [5.74, 6) is 0.765. The van der Waals surface area contributed by atoms with E-state index in [1.165, 1.54) is 0 Å². The second-order valence-electron chi connectivity index (χ2n) is 4.63. The van der Waals surface area contributed by atoms with Crippen LogP contribution in [0.1, 0.15) is 19.8 Å². The van der Waals surface area contributed by atoms with E-state index < -0.39 is 0 Å². The molecule has 15 heavy (non-hydrogen) atoms. The van der Waals surface area contributed by atoms with Crippen LogP contribution in [0.25, 0.3) is 0 Å². The van der Waals surface area contributed by atoms with Crippen LogP contribution in [0.4, 0.5) is 0 Å². The van der Waals surface area contributed by atoms with E-state index >= 15 is 0 Å². The molecule has 4 heteroatoms. The molecular formula is C11H20N2O2. The average molecular weight is 212 g/mol. The third kappa shape index (κ3) is 2.92. The van der Waals surface area contributed by atoms with Gasteiger partial charge in [-0.2, -0.15) is 0 Å². The summed E-state index contributed by atoms with van der Waals surface area (Å²) >= 11 is 0. The third-order valence-electron chi connectivity index (χ3n) is 3.21. The van der Waals surface area contributed by atoms with Gasteiger partial charge in [0.05, 0.1) is 0 Å². The van der Waals surface area contributed by atoms with Crippen LogP contribution in [-0.2, 0) is 9.53 Å². The maximum Gasteiger partial charge on any atom is 0.223 e. The normalized spacial score (nSPS) is 31.9. The van der Waals surface area contributed by atoms with Crippen LogP contribution in [-0.4, -0.2) is 49.7 Å². The Balaban J connectivity index is 1.78. The lowest BCUT2D eigenvalue weighted by Gasteiger charge is -2.32. The van der Waals surface area contributed by atoms with Crippen molar-refractivity contribution in [3.63, 3.8) is 0 Å². The molecule has 0 aromatic rings. The monoisotopic (exact) mass is 212 g/mol. The molecule has 2 aliphatic rings. The lowest BCUT2D eigenvalue weighted by atomic mass is 10.0. The van der Waals surface area contributed by atoms with Crippen LogP contribution < -0.4 is 5.32 Å². The quantitative estimate of drug-likeness (QED) is 0.712. The van der Waals surface area contributed by atoms with Crippen molar-refractivity contribution < 1.29 is 9.53 Å². The van der Waals surface area contributed by atoms with Gasteiger partial charge in [-0.1, -0.05) is 0 Å². The Morgan fingerprint density at radius 2 is 2.47 bits per heavy atom. The van der Waals surface area contributed by atoms with E-state index in [1.807, 2.05) is 4.90 Å². The molecule has 0 bridgehead atoms. The average Bonchev–Trinajstić information content (AvgIpc) is 2.70. The molecule has 86 valence electrons. The smallest absolute Gasteiger partial charge is 0.223 e. The van der Waals surface area contributed by atoms with E-state index in [0.717, 1.165) is 39.3 Å². The van der Waals surface area contributed by atoms with Gasteiger partial charge in [-0.3, -0.25) is 4.79 Å². The molecule has 0 aromatic carbocycles. The molecule has 2 heterocycles. The zero-order valence-corrected chi connectivity index (χ0v) is 9.37. The summed E-state index contributed by atoms with van der Waals surface area (Å²) in [6.07, 6.45) is 1.72. The maximum absolute atomic E-state index is 11.9. The number of amides is 1. The molecule has 1 amide bonds. The van der Waals surface area contributed by atoms with Crippen molar-refractivity contribution >= 4 is 5.91 Å². The van der Waals surface area contributed by atoms with Crippen molar-refractivity contribution in [2.24, 2.45) is 5.92 Å². The second kappa shape index (κ2) is 4.94. The Kier molecular flexibility index (Phi) is 3.59. The van der Waals surface area contributed by atoms with E-state index in [1.54, 1.807) is 0 Å². The standard InChI is InChI=1S/C11H20N2O2/c1-9-7-13(4-3-12-9)11(14)6-10-2-5-15-8-10/h9-10,12H,2-8H2,1H3/t9-,10?/m0/s1. The van der Waals surface area contributed by atoms with Gasteiger partial charge in [-0.25, -0.2) is 0 Å². The van der Waals surface area contributed by atoms with E-state index in [4.69, 9.17) is 4.74 Å². The first kappa shape index (κ1) is 10.9. The minimum Gasteiger partial charge on any atom is -0.381 e. The molecule has 0 aromatic heterocycles. The highest BCUT2D eigenvalue weighted by Crippen LogP contribution is 2.17. The van der Waals surface area contributed by atoms with E-state index in [9.17, 15) is 4.79 Å². The SMILES string of the molecule is C[C@H]1CN(C(=O)CC2CCOC2)CCN1. The first-order valence-corrected chi connectivity index (χ1v) is 5.84. The lowest BCUT2D eigenvalue weighted by Crippen LogP contribution is -2.51. The highest BCUT2D eigenvalue weighted by Gasteiger charge is 2.25. The van der Waals surface area contributed by atoms with Gasteiger partial charge in [0.25, 0.3) is 0 Å². The summed E-state index contributed by atoms with van der Waals surface area (Å²) in [6, 6.07) is 0.433. The topological polar surface area (TPSA) is 41.6 Å². The van der Waals surface area contributed by atoms with Gasteiger partial charge in [0.15, 0.2) is 0 Å². The summed E-state index contributed by atoms with van der Waals surface area (Å²) in [4.78, 5) is 13.9. The molecule has 0 spiro atoms. The molecule has 0 aliphatic carbocycles. The first-order chi connectivity index (χ1) is 7.25. The van der Waals surface area contributed by atoms with Gasteiger partial charge in [-0.15, -0.1) is 0 Å². The molecule has 2 fully saturated rings. The van der Waals surface area contributed by atoms with Crippen LogP contribution in [0, 0.1) is 5.92 Å². The summed E-state index contributed by atoms with van der Waals surface area (Å²) < 4.78 is 5.28. The maximum atomic E-state index is 11.9. The number of carbonyl (C=O) groups excluding carboxylic acids is 1. The predicted molar refractivity (Wildman–Crippen MR) is 57.6 cm³/mol. The molecule has 2 rings (SSSR count). The van der Waals surface area contributed by atoms with Gasteiger partial charge in [0.2, 0.25) is 5.91 Å². The fourth-order valence-corrected chi connectivity index (χ4v) is 2.28. The first-order valence-electron chi connectivity index (χ1n) is 5.84. The van der Waals surface area contributed by atoms with Crippen LogP contribution >= 0.6 is 0 Å². The van der Waals surface area contributed by atoms with Crippen LogP contribution in [0.2, 0.25) is 0 Å². The fraction of sp³-hybridized carbons (Fsp3) is 0.909. The van der Waals surface area contributed by atoms with Gasteiger partial charge < -0.3 is 15.0 Å². The highest BCUT2D eigenvalue weighted by molar-refractivity contribution is 5.76. The highest BCUT2D eigenvalue weighted by atomic mass is 16.5. The second-order valence-corrected chi connectivity index (χ2v) is 4.63. The van der Waals surface area contributed by atoms with Crippen molar-refractivity contribution in [3.05, 3.63) is 0 Å². The molecule has 1 N–H and O–H groups in total. The number of rotatable bonds is 2. The fourth-order valence-electron chi connectivity index (χ4n) is 2.28. The Hall–Kier alpha value is -0.610. The Morgan fingerprint density at radius 3 is 3.13 bits per heavy atom. The number of nitrogens with zero attached hydrogens (tertiary/aromatic N) is 1. The van der Waals surface area contributed by atoms with Gasteiger partial charge >= 0.3 is 0 Å². The zero-order valence-electron chi connectivity index (χ0n) is 9.37.